The van der Waals surface area contributed by atoms with Crippen LogP contribution < -0.4 is 5.32 Å². The normalized spacial score (nSPS) is 18.3. The first-order valence-corrected chi connectivity index (χ1v) is 8.94. The summed E-state index contributed by atoms with van der Waals surface area (Å²) >= 11 is 1.48. The van der Waals surface area contributed by atoms with E-state index in [1.165, 1.54) is 11.9 Å². The third-order valence-electron chi connectivity index (χ3n) is 3.92. The second-order valence-corrected chi connectivity index (χ2v) is 6.56. The third kappa shape index (κ3) is 3.24. The molecule has 132 valence electrons. The summed E-state index contributed by atoms with van der Waals surface area (Å²) in [6, 6.07) is 11.3. The number of rotatable bonds is 5. The van der Waals surface area contributed by atoms with E-state index < -0.39 is 17.5 Å². The van der Waals surface area contributed by atoms with Crippen molar-refractivity contribution in [3.05, 3.63) is 48.3 Å². The second-order valence-electron chi connectivity index (χ2n) is 5.54. The molecule has 1 aliphatic heterocycles. The zero-order valence-corrected chi connectivity index (χ0v) is 15.0. The molecule has 7 heteroatoms. The van der Waals surface area contributed by atoms with Crippen molar-refractivity contribution in [2.75, 3.05) is 18.5 Å². The molecule has 0 fully saturated rings. The molecular weight excluding hydrogens is 340 g/mol. The maximum Gasteiger partial charge on any atom is 0.338 e. The summed E-state index contributed by atoms with van der Waals surface area (Å²) in [5.74, 6) is -0.958. The SMILES string of the molecule is CCOC(=O)CC1(C(=O)OCC)Nc2ccccc2Sn2cccc21. The summed E-state index contributed by atoms with van der Waals surface area (Å²) in [4.78, 5) is 26.2. The summed E-state index contributed by atoms with van der Waals surface area (Å²) < 4.78 is 12.3. The Labute approximate surface area is 150 Å². The molecule has 0 radical (unpaired) electrons. The minimum atomic E-state index is -1.34. The Morgan fingerprint density at radius 2 is 1.88 bits per heavy atom. The van der Waals surface area contributed by atoms with Gasteiger partial charge in [-0.3, -0.25) is 8.77 Å². The van der Waals surface area contributed by atoms with Crippen LogP contribution in [0.15, 0.2) is 47.5 Å². The molecule has 3 rings (SSSR count). The van der Waals surface area contributed by atoms with E-state index in [1.54, 1.807) is 13.8 Å². The Morgan fingerprint density at radius 3 is 2.64 bits per heavy atom. The Bertz CT molecular complexity index is 789. The van der Waals surface area contributed by atoms with E-state index >= 15 is 0 Å². The number of hydrogen-bond acceptors (Lipinski definition) is 6. The number of ether oxygens (including phenoxy) is 2. The van der Waals surface area contributed by atoms with E-state index in [9.17, 15) is 9.59 Å². The Balaban J connectivity index is 2.14. The number of fused-ring (bicyclic) bond motifs is 2. The van der Waals surface area contributed by atoms with Gasteiger partial charge in [0.2, 0.25) is 0 Å². The molecule has 1 unspecified atom stereocenters. The first kappa shape index (κ1) is 17.4. The number of benzene rings is 1. The lowest BCUT2D eigenvalue weighted by molar-refractivity contribution is -0.156. The average molecular weight is 360 g/mol. The van der Waals surface area contributed by atoms with Gasteiger partial charge in [-0.1, -0.05) is 12.1 Å². The van der Waals surface area contributed by atoms with Crippen LogP contribution in [0.2, 0.25) is 0 Å². The van der Waals surface area contributed by atoms with Crippen LogP contribution in [-0.2, 0) is 24.6 Å². The fourth-order valence-electron chi connectivity index (χ4n) is 2.87. The van der Waals surface area contributed by atoms with Crippen molar-refractivity contribution in [2.45, 2.75) is 30.7 Å². The maximum absolute atomic E-state index is 13.0. The molecule has 25 heavy (non-hydrogen) atoms. The molecule has 0 saturated carbocycles. The standard InChI is InChI=1S/C18H20N2O4S/c1-3-23-16(21)12-18(17(22)24-4-2)15-10-7-11-20(15)25-14-9-6-5-8-13(14)19-18/h5-11,19H,3-4,12H2,1-2H3. The number of aromatic nitrogens is 1. The van der Waals surface area contributed by atoms with Crippen molar-refractivity contribution in [1.29, 1.82) is 0 Å². The molecular formula is C18H20N2O4S. The van der Waals surface area contributed by atoms with Gasteiger partial charge in [0, 0.05) is 6.20 Å². The Kier molecular flexibility index (Phi) is 5.03. The van der Waals surface area contributed by atoms with Crippen molar-refractivity contribution in [3.8, 4) is 0 Å². The molecule has 0 bridgehead atoms. The molecule has 2 aromatic rings. The van der Waals surface area contributed by atoms with Gasteiger partial charge in [-0.15, -0.1) is 0 Å². The first-order chi connectivity index (χ1) is 12.1. The molecule has 1 aliphatic rings. The quantitative estimate of drug-likeness (QED) is 0.826. The van der Waals surface area contributed by atoms with Gasteiger partial charge in [0.25, 0.3) is 0 Å². The van der Waals surface area contributed by atoms with Gasteiger partial charge in [-0.2, -0.15) is 0 Å². The van der Waals surface area contributed by atoms with Crippen molar-refractivity contribution in [1.82, 2.24) is 3.97 Å². The molecule has 1 aromatic carbocycles. The van der Waals surface area contributed by atoms with Crippen LogP contribution in [0.5, 0.6) is 0 Å². The Hall–Kier alpha value is -2.41. The molecule has 6 nitrogen and oxygen atoms in total. The highest BCUT2D eigenvalue weighted by Gasteiger charge is 2.48. The summed E-state index contributed by atoms with van der Waals surface area (Å²) in [7, 11) is 0. The molecule has 2 heterocycles. The van der Waals surface area contributed by atoms with Gasteiger partial charge in [-0.25, -0.2) is 4.79 Å². The number of nitrogens with zero attached hydrogens (tertiary/aromatic N) is 1. The lowest BCUT2D eigenvalue weighted by atomic mass is 9.90. The highest BCUT2D eigenvalue weighted by atomic mass is 32.2. The smallest absolute Gasteiger partial charge is 0.338 e. The number of hydrogen-bond donors (Lipinski definition) is 1. The average Bonchev–Trinajstić information content (AvgIpc) is 3.00. The van der Waals surface area contributed by atoms with Crippen LogP contribution in [0, 0.1) is 0 Å². The lowest BCUT2D eigenvalue weighted by Crippen LogP contribution is -2.47. The van der Waals surface area contributed by atoms with Gasteiger partial charge in [0.15, 0.2) is 5.54 Å². The summed E-state index contributed by atoms with van der Waals surface area (Å²) in [6.45, 7) is 3.96. The van der Waals surface area contributed by atoms with Crippen LogP contribution in [0.3, 0.4) is 0 Å². The summed E-state index contributed by atoms with van der Waals surface area (Å²) in [5, 5.41) is 3.27. The number of carbonyl (C=O) groups is 2. The Morgan fingerprint density at radius 1 is 1.12 bits per heavy atom. The van der Waals surface area contributed by atoms with E-state index in [4.69, 9.17) is 9.47 Å². The predicted octanol–water partition coefficient (Wildman–Crippen LogP) is 3.18. The molecule has 0 amide bonds. The van der Waals surface area contributed by atoms with E-state index in [0.29, 0.717) is 5.69 Å². The van der Waals surface area contributed by atoms with Crippen LogP contribution in [0.1, 0.15) is 26.0 Å². The van der Waals surface area contributed by atoms with E-state index in [0.717, 1.165) is 10.6 Å². The number of esters is 2. The highest BCUT2D eigenvalue weighted by Crippen LogP contribution is 2.42. The number of para-hydroxylation sites is 1. The zero-order chi connectivity index (χ0) is 17.9. The molecule has 1 N–H and O–H groups in total. The molecule has 1 aromatic heterocycles. The monoisotopic (exact) mass is 360 g/mol. The summed E-state index contributed by atoms with van der Waals surface area (Å²) in [5.41, 5.74) is 0.0829. The third-order valence-corrected chi connectivity index (χ3v) is 4.99. The minimum Gasteiger partial charge on any atom is -0.466 e. The maximum atomic E-state index is 13.0. The molecule has 0 aliphatic carbocycles. The second kappa shape index (κ2) is 7.23. The van der Waals surface area contributed by atoms with Crippen molar-refractivity contribution < 1.29 is 19.1 Å². The predicted molar refractivity (Wildman–Crippen MR) is 95.3 cm³/mol. The fourth-order valence-corrected chi connectivity index (χ4v) is 3.89. The van der Waals surface area contributed by atoms with Crippen LogP contribution in [0.4, 0.5) is 5.69 Å². The van der Waals surface area contributed by atoms with Gasteiger partial charge in [0.05, 0.1) is 35.9 Å². The molecule has 0 saturated heterocycles. The van der Waals surface area contributed by atoms with Crippen LogP contribution in [-0.4, -0.2) is 29.1 Å². The zero-order valence-electron chi connectivity index (χ0n) is 14.2. The van der Waals surface area contributed by atoms with E-state index in [2.05, 4.69) is 5.32 Å². The van der Waals surface area contributed by atoms with Crippen molar-refractivity contribution in [3.63, 3.8) is 0 Å². The van der Waals surface area contributed by atoms with Gasteiger partial charge >= 0.3 is 11.9 Å². The van der Waals surface area contributed by atoms with Gasteiger partial charge in [0.1, 0.15) is 0 Å². The highest BCUT2D eigenvalue weighted by molar-refractivity contribution is 7.98. The van der Waals surface area contributed by atoms with Crippen molar-refractivity contribution in [2.24, 2.45) is 0 Å². The minimum absolute atomic E-state index is 0.154. The first-order valence-electron chi connectivity index (χ1n) is 8.17. The largest absolute Gasteiger partial charge is 0.466 e. The summed E-state index contributed by atoms with van der Waals surface area (Å²) in [6.07, 6.45) is 1.71. The van der Waals surface area contributed by atoms with Crippen LogP contribution in [0.25, 0.3) is 0 Å². The van der Waals surface area contributed by atoms with E-state index in [-0.39, 0.29) is 19.6 Å². The molecule has 0 spiro atoms. The van der Waals surface area contributed by atoms with Gasteiger partial charge in [-0.05, 0) is 50.1 Å². The lowest BCUT2D eigenvalue weighted by Gasteiger charge is -2.31. The topological polar surface area (TPSA) is 69.6 Å². The van der Waals surface area contributed by atoms with Crippen molar-refractivity contribution >= 4 is 29.6 Å². The number of anilines is 1. The van der Waals surface area contributed by atoms with E-state index in [1.807, 2.05) is 46.6 Å². The van der Waals surface area contributed by atoms with Crippen LogP contribution >= 0.6 is 11.9 Å². The number of nitrogens with one attached hydrogen (secondary N) is 1. The van der Waals surface area contributed by atoms with Gasteiger partial charge < -0.3 is 14.8 Å². The number of carbonyl (C=O) groups excluding carboxylic acids is 2. The fraction of sp³-hybridized carbons (Fsp3) is 0.333. The molecule has 1 atom stereocenters.